The van der Waals surface area contributed by atoms with E-state index >= 15 is 0 Å². The number of carbonyl (C=O) groups is 1. The van der Waals surface area contributed by atoms with Crippen molar-refractivity contribution in [2.24, 2.45) is 5.92 Å². The third kappa shape index (κ3) is 4.99. The molecule has 0 N–H and O–H groups in total. The first kappa shape index (κ1) is 22.8. The third-order valence-electron chi connectivity index (χ3n) is 7.16. The lowest BCUT2D eigenvalue weighted by molar-refractivity contribution is -0.142. The number of nitrogens with zero attached hydrogens (tertiary/aromatic N) is 4. The van der Waals surface area contributed by atoms with E-state index < -0.39 is 0 Å². The van der Waals surface area contributed by atoms with Crippen LogP contribution in [0, 0.1) is 5.92 Å². The summed E-state index contributed by atoms with van der Waals surface area (Å²) in [7, 11) is 5.41. The molecule has 1 aromatic carbocycles. The van der Waals surface area contributed by atoms with E-state index in [1.807, 2.05) is 18.3 Å². The lowest BCUT2D eigenvalue weighted by Crippen LogP contribution is -2.47. The minimum absolute atomic E-state index is 0.102. The van der Waals surface area contributed by atoms with Gasteiger partial charge in [-0.15, -0.1) is 0 Å². The Morgan fingerprint density at radius 3 is 2.66 bits per heavy atom. The van der Waals surface area contributed by atoms with Crippen LogP contribution < -0.4 is 9.64 Å². The Bertz CT molecular complexity index is 913. The molecule has 0 saturated carbocycles. The molecule has 2 saturated heterocycles. The van der Waals surface area contributed by atoms with Gasteiger partial charge < -0.3 is 19.3 Å². The van der Waals surface area contributed by atoms with E-state index in [1.54, 1.807) is 7.11 Å². The Morgan fingerprint density at radius 2 is 1.91 bits per heavy atom. The van der Waals surface area contributed by atoms with Crippen LogP contribution in [0.1, 0.15) is 25.7 Å². The summed E-state index contributed by atoms with van der Waals surface area (Å²) in [5.74, 6) is 1.30. The van der Waals surface area contributed by atoms with E-state index in [9.17, 15) is 4.79 Å². The van der Waals surface area contributed by atoms with Crippen molar-refractivity contribution in [2.75, 3.05) is 65.4 Å². The molecule has 2 fully saturated rings. The fourth-order valence-electron chi connectivity index (χ4n) is 5.34. The molecule has 32 heavy (non-hydrogen) atoms. The van der Waals surface area contributed by atoms with Crippen LogP contribution in [0.25, 0.3) is 10.9 Å². The van der Waals surface area contributed by atoms with Gasteiger partial charge in [-0.25, -0.2) is 0 Å². The van der Waals surface area contributed by atoms with E-state index in [2.05, 4.69) is 38.9 Å². The van der Waals surface area contributed by atoms with Gasteiger partial charge in [0.25, 0.3) is 0 Å². The van der Waals surface area contributed by atoms with Gasteiger partial charge in [-0.05, 0) is 63.5 Å². The number of anilines is 1. The molecule has 2 aromatic rings. The van der Waals surface area contributed by atoms with E-state index in [-0.39, 0.29) is 12.0 Å². The predicted molar refractivity (Wildman–Crippen MR) is 127 cm³/mol. The maximum Gasteiger partial charge on any atom is 0.307 e. The van der Waals surface area contributed by atoms with Crippen molar-refractivity contribution in [1.29, 1.82) is 0 Å². The predicted octanol–water partition coefficient (Wildman–Crippen LogP) is 3.03. The normalized spacial score (nSPS) is 20.2. The molecule has 7 heteroatoms. The van der Waals surface area contributed by atoms with Crippen LogP contribution in [-0.4, -0.2) is 87.3 Å². The smallest absolute Gasteiger partial charge is 0.307 e. The zero-order valence-electron chi connectivity index (χ0n) is 19.6. The monoisotopic (exact) mass is 440 g/mol. The van der Waals surface area contributed by atoms with Crippen LogP contribution in [0.5, 0.6) is 5.75 Å². The zero-order chi connectivity index (χ0) is 22.5. The van der Waals surface area contributed by atoms with Gasteiger partial charge >= 0.3 is 5.97 Å². The fourth-order valence-corrected chi connectivity index (χ4v) is 5.34. The van der Waals surface area contributed by atoms with Gasteiger partial charge in [-0.3, -0.25) is 14.7 Å². The molecule has 1 unspecified atom stereocenters. The fraction of sp³-hybridized carbons (Fsp3) is 0.600. The molecule has 174 valence electrons. The first-order chi connectivity index (χ1) is 15.6. The highest BCUT2D eigenvalue weighted by molar-refractivity contribution is 5.94. The number of methoxy groups -OCH3 is 2. The summed E-state index contributed by atoms with van der Waals surface area (Å²) in [5.41, 5.74) is 2.07. The van der Waals surface area contributed by atoms with Gasteiger partial charge in [0.15, 0.2) is 0 Å². The zero-order valence-corrected chi connectivity index (χ0v) is 19.6. The second-order valence-electron chi connectivity index (χ2n) is 9.06. The first-order valence-corrected chi connectivity index (χ1v) is 11.8. The van der Waals surface area contributed by atoms with Crippen molar-refractivity contribution in [2.45, 2.75) is 31.7 Å². The van der Waals surface area contributed by atoms with Crippen molar-refractivity contribution >= 4 is 22.6 Å². The molecule has 0 amide bonds. The number of carbonyl (C=O) groups excluding carboxylic acids is 1. The second-order valence-corrected chi connectivity index (χ2v) is 9.06. The molecule has 2 aliphatic heterocycles. The average molecular weight is 441 g/mol. The molecule has 3 heterocycles. The summed E-state index contributed by atoms with van der Waals surface area (Å²) >= 11 is 0. The summed E-state index contributed by atoms with van der Waals surface area (Å²) in [4.78, 5) is 24.3. The number of benzene rings is 1. The van der Waals surface area contributed by atoms with Gasteiger partial charge in [0.2, 0.25) is 0 Å². The minimum Gasteiger partial charge on any atom is -0.494 e. The number of piperidine rings is 1. The number of pyridine rings is 1. The van der Waals surface area contributed by atoms with Crippen molar-refractivity contribution in [3.8, 4) is 5.75 Å². The molecular weight excluding hydrogens is 404 g/mol. The number of hydrogen-bond acceptors (Lipinski definition) is 7. The SMILES string of the molecule is COC(=O)CC(C1CCN(C)CC1)N1CCCN(c2c(OC)ccc3cccnc23)CC1. The molecule has 2 aliphatic rings. The minimum atomic E-state index is -0.102. The van der Waals surface area contributed by atoms with Crippen LogP contribution in [0.3, 0.4) is 0 Å². The Labute approximate surface area is 191 Å². The third-order valence-corrected chi connectivity index (χ3v) is 7.16. The van der Waals surface area contributed by atoms with Crippen molar-refractivity contribution in [3.63, 3.8) is 0 Å². The van der Waals surface area contributed by atoms with E-state index in [4.69, 9.17) is 9.47 Å². The van der Waals surface area contributed by atoms with Crippen molar-refractivity contribution < 1.29 is 14.3 Å². The topological polar surface area (TPSA) is 58.1 Å². The van der Waals surface area contributed by atoms with Crippen LogP contribution in [0.4, 0.5) is 5.69 Å². The van der Waals surface area contributed by atoms with Crippen LogP contribution in [-0.2, 0) is 9.53 Å². The number of ether oxygens (including phenoxy) is 2. The Morgan fingerprint density at radius 1 is 1.09 bits per heavy atom. The Balaban J connectivity index is 1.55. The Hall–Kier alpha value is -2.38. The highest BCUT2D eigenvalue weighted by atomic mass is 16.5. The van der Waals surface area contributed by atoms with Gasteiger partial charge in [-0.1, -0.05) is 6.07 Å². The molecule has 1 aromatic heterocycles. The molecule has 0 aliphatic carbocycles. The maximum atomic E-state index is 12.3. The van der Waals surface area contributed by atoms with Crippen LogP contribution in [0.2, 0.25) is 0 Å². The summed E-state index contributed by atoms with van der Waals surface area (Å²) < 4.78 is 10.8. The summed E-state index contributed by atoms with van der Waals surface area (Å²) in [6.07, 6.45) is 5.64. The van der Waals surface area contributed by atoms with Crippen LogP contribution >= 0.6 is 0 Å². The summed E-state index contributed by atoms with van der Waals surface area (Å²) in [5, 5.41) is 1.12. The van der Waals surface area contributed by atoms with E-state index in [1.165, 1.54) is 7.11 Å². The quantitative estimate of drug-likeness (QED) is 0.640. The molecule has 1 atom stereocenters. The molecular formula is C25H36N4O3. The number of esters is 1. The standard InChI is InChI=1S/C25H36N4O3/c1-27-14-9-19(10-15-27)21(18-23(30)32-3)28-12-5-13-29(17-16-28)25-22(31-2)8-7-20-6-4-11-26-24(20)25/h4,6-8,11,19,21H,5,9-10,12-18H2,1-3H3. The molecule has 0 spiro atoms. The highest BCUT2D eigenvalue weighted by Gasteiger charge is 2.33. The lowest BCUT2D eigenvalue weighted by Gasteiger charge is -2.40. The maximum absolute atomic E-state index is 12.3. The number of hydrogen-bond donors (Lipinski definition) is 0. The number of rotatable bonds is 6. The van der Waals surface area contributed by atoms with E-state index in [0.717, 1.165) is 80.9 Å². The first-order valence-electron chi connectivity index (χ1n) is 11.8. The number of aromatic nitrogens is 1. The van der Waals surface area contributed by atoms with Crippen molar-refractivity contribution in [1.82, 2.24) is 14.8 Å². The second kappa shape index (κ2) is 10.5. The molecule has 0 bridgehead atoms. The summed E-state index contributed by atoms with van der Waals surface area (Å²) in [6.45, 7) is 5.94. The van der Waals surface area contributed by atoms with Gasteiger partial charge in [0.1, 0.15) is 11.4 Å². The van der Waals surface area contributed by atoms with Gasteiger partial charge in [0, 0.05) is 43.8 Å². The number of likely N-dealkylation sites (tertiary alicyclic amines) is 1. The lowest BCUT2D eigenvalue weighted by atomic mass is 9.86. The number of fused-ring (bicyclic) bond motifs is 1. The van der Waals surface area contributed by atoms with E-state index in [0.29, 0.717) is 12.3 Å². The Kier molecular flexibility index (Phi) is 7.48. The van der Waals surface area contributed by atoms with Crippen LogP contribution in [0.15, 0.2) is 30.5 Å². The molecule has 0 radical (unpaired) electrons. The van der Waals surface area contributed by atoms with Crippen molar-refractivity contribution in [3.05, 3.63) is 30.5 Å². The molecule has 7 nitrogen and oxygen atoms in total. The highest BCUT2D eigenvalue weighted by Crippen LogP contribution is 2.36. The largest absolute Gasteiger partial charge is 0.494 e. The van der Waals surface area contributed by atoms with Gasteiger partial charge in [0.05, 0.1) is 26.2 Å². The molecule has 4 rings (SSSR count). The summed E-state index contributed by atoms with van der Waals surface area (Å²) in [6, 6.07) is 8.43. The van der Waals surface area contributed by atoms with Gasteiger partial charge in [-0.2, -0.15) is 0 Å². The average Bonchev–Trinajstić information content (AvgIpc) is 3.08.